The van der Waals surface area contributed by atoms with Crippen LogP contribution in [0.5, 0.6) is 5.75 Å². The van der Waals surface area contributed by atoms with Gasteiger partial charge in [0.25, 0.3) is 11.8 Å². The third kappa shape index (κ3) is 2.61. The van der Waals surface area contributed by atoms with Crippen LogP contribution >= 0.6 is 0 Å². The maximum atomic E-state index is 12.4. The summed E-state index contributed by atoms with van der Waals surface area (Å²) in [6.07, 6.45) is 0.978. The summed E-state index contributed by atoms with van der Waals surface area (Å²) in [5.74, 6) is -1.92. The number of primary amides is 1. The van der Waals surface area contributed by atoms with Crippen LogP contribution in [0.15, 0.2) is 18.2 Å². The minimum atomic E-state index is -0.987. The highest BCUT2D eigenvalue weighted by atomic mass is 16.3. The average molecular weight is 290 g/mol. The number of hydrogen-bond donors (Lipinski definition) is 2. The van der Waals surface area contributed by atoms with Gasteiger partial charge in [0.2, 0.25) is 5.91 Å². The van der Waals surface area contributed by atoms with Crippen molar-refractivity contribution in [1.82, 2.24) is 4.90 Å². The quantitative estimate of drug-likeness (QED) is 0.797. The molecule has 0 aromatic heterocycles. The molecule has 1 aromatic rings. The molecule has 2 rings (SSSR count). The molecule has 0 bridgehead atoms. The van der Waals surface area contributed by atoms with Crippen LogP contribution < -0.4 is 5.73 Å². The Morgan fingerprint density at radius 1 is 1.24 bits per heavy atom. The molecule has 1 aromatic carbocycles. The maximum absolute atomic E-state index is 12.4. The van der Waals surface area contributed by atoms with E-state index in [-0.39, 0.29) is 16.9 Å². The molecule has 0 spiro atoms. The predicted molar refractivity (Wildman–Crippen MR) is 75.7 cm³/mol. The number of aromatic hydroxyl groups is 1. The fraction of sp³-hybridized carbons (Fsp3) is 0.400. The summed E-state index contributed by atoms with van der Waals surface area (Å²) < 4.78 is 0. The van der Waals surface area contributed by atoms with Crippen molar-refractivity contribution in [1.29, 1.82) is 0 Å². The fourth-order valence-corrected chi connectivity index (χ4v) is 2.46. The Bertz CT molecular complexity index is 610. The molecule has 1 unspecified atom stereocenters. The van der Waals surface area contributed by atoms with E-state index in [9.17, 15) is 19.5 Å². The van der Waals surface area contributed by atoms with Gasteiger partial charge in [-0.2, -0.15) is 0 Å². The number of carbonyl (C=O) groups is 3. The number of phenols is 1. The van der Waals surface area contributed by atoms with Gasteiger partial charge in [0, 0.05) is 0 Å². The third-order valence-corrected chi connectivity index (χ3v) is 3.58. The molecule has 6 nitrogen and oxygen atoms in total. The average Bonchev–Trinajstić information content (AvgIpc) is 2.64. The number of fused-ring (bicyclic) bond motifs is 1. The van der Waals surface area contributed by atoms with E-state index in [0.29, 0.717) is 18.8 Å². The van der Waals surface area contributed by atoms with E-state index >= 15 is 0 Å². The highest BCUT2D eigenvalue weighted by Crippen LogP contribution is 2.32. The maximum Gasteiger partial charge on any atom is 0.266 e. The molecular formula is C15H18N2O4. The lowest BCUT2D eigenvalue weighted by molar-refractivity contribution is -0.122. The first kappa shape index (κ1) is 15.0. The van der Waals surface area contributed by atoms with Gasteiger partial charge in [-0.25, -0.2) is 0 Å². The molecule has 1 atom stereocenters. The normalized spacial score (nSPS) is 15.5. The lowest BCUT2D eigenvalue weighted by atomic mass is 10.0. The Morgan fingerprint density at radius 3 is 2.43 bits per heavy atom. The molecule has 0 fully saturated rings. The van der Waals surface area contributed by atoms with E-state index in [4.69, 9.17) is 5.73 Å². The minimum absolute atomic E-state index is 0.0571. The number of carbonyl (C=O) groups excluding carboxylic acids is 3. The van der Waals surface area contributed by atoms with Crippen molar-refractivity contribution in [3.8, 4) is 5.75 Å². The number of imide groups is 1. The molecule has 3 amide bonds. The van der Waals surface area contributed by atoms with Gasteiger partial charge in [-0.1, -0.05) is 19.9 Å². The van der Waals surface area contributed by atoms with Crippen LogP contribution in [0.1, 0.15) is 47.4 Å². The Morgan fingerprint density at radius 2 is 1.90 bits per heavy atom. The molecule has 0 saturated heterocycles. The van der Waals surface area contributed by atoms with Gasteiger partial charge in [-0.15, -0.1) is 0 Å². The van der Waals surface area contributed by atoms with Gasteiger partial charge in [0.05, 0.1) is 11.1 Å². The fourth-order valence-electron chi connectivity index (χ4n) is 2.46. The zero-order chi connectivity index (χ0) is 15.7. The molecule has 1 heterocycles. The summed E-state index contributed by atoms with van der Waals surface area (Å²) in [4.78, 5) is 37.2. The van der Waals surface area contributed by atoms with Crippen molar-refractivity contribution >= 4 is 17.7 Å². The largest absolute Gasteiger partial charge is 0.507 e. The first-order valence-corrected chi connectivity index (χ1v) is 6.83. The number of nitrogens with zero attached hydrogens (tertiary/aromatic N) is 1. The molecule has 21 heavy (non-hydrogen) atoms. The zero-order valence-corrected chi connectivity index (χ0v) is 12.0. The van der Waals surface area contributed by atoms with Crippen LogP contribution in [-0.4, -0.2) is 33.8 Å². The summed E-state index contributed by atoms with van der Waals surface area (Å²) in [5.41, 5.74) is 5.40. The van der Waals surface area contributed by atoms with Crippen LogP contribution in [0.4, 0.5) is 0 Å². The van der Waals surface area contributed by atoms with Crippen molar-refractivity contribution in [2.45, 2.75) is 32.7 Å². The second-order valence-corrected chi connectivity index (χ2v) is 5.57. The van der Waals surface area contributed by atoms with Crippen molar-refractivity contribution in [3.63, 3.8) is 0 Å². The van der Waals surface area contributed by atoms with Crippen LogP contribution in [0.25, 0.3) is 0 Å². The van der Waals surface area contributed by atoms with Gasteiger partial charge in [-0.05, 0) is 30.9 Å². The Balaban J connectivity index is 2.36. The second kappa shape index (κ2) is 5.55. The van der Waals surface area contributed by atoms with Gasteiger partial charge in [0.15, 0.2) is 0 Å². The SMILES string of the molecule is CC(C)CCC(C(N)=O)N1C(=O)c2cccc(O)c2C1=O. The number of amides is 3. The summed E-state index contributed by atoms with van der Waals surface area (Å²) >= 11 is 0. The minimum Gasteiger partial charge on any atom is -0.507 e. The number of benzene rings is 1. The van der Waals surface area contributed by atoms with Crippen molar-refractivity contribution < 1.29 is 19.5 Å². The van der Waals surface area contributed by atoms with Crippen LogP contribution in [0, 0.1) is 5.92 Å². The van der Waals surface area contributed by atoms with Crippen molar-refractivity contribution in [3.05, 3.63) is 29.3 Å². The van der Waals surface area contributed by atoms with Crippen LogP contribution in [-0.2, 0) is 4.79 Å². The van der Waals surface area contributed by atoms with E-state index in [1.54, 1.807) is 0 Å². The predicted octanol–water partition coefficient (Wildman–Crippen LogP) is 1.28. The standard InChI is InChI=1S/C15H18N2O4/c1-8(2)6-7-10(13(16)19)17-14(20)9-4-3-5-11(18)12(9)15(17)21/h3-5,8,10,18H,6-7H2,1-2H3,(H2,16,19). The number of phenolic OH excluding ortho intramolecular Hbond substituents is 1. The summed E-state index contributed by atoms with van der Waals surface area (Å²) in [7, 11) is 0. The molecule has 112 valence electrons. The highest BCUT2D eigenvalue weighted by molar-refractivity contribution is 6.23. The molecule has 0 saturated carbocycles. The summed E-state index contributed by atoms with van der Waals surface area (Å²) in [6, 6.07) is 3.28. The molecule has 0 radical (unpaired) electrons. The van der Waals surface area contributed by atoms with E-state index < -0.39 is 23.8 Å². The molecular weight excluding hydrogens is 272 g/mol. The lowest BCUT2D eigenvalue weighted by Gasteiger charge is -2.24. The van der Waals surface area contributed by atoms with Crippen LogP contribution in [0.3, 0.4) is 0 Å². The highest BCUT2D eigenvalue weighted by Gasteiger charge is 2.43. The Kier molecular flexibility index (Phi) is 3.97. The number of rotatable bonds is 5. The van der Waals surface area contributed by atoms with Gasteiger partial charge >= 0.3 is 0 Å². The molecule has 0 aliphatic carbocycles. The number of nitrogens with two attached hydrogens (primary N) is 1. The van der Waals surface area contributed by atoms with E-state index in [0.717, 1.165) is 4.90 Å². The van der Waals surface area contributed by atoms with Gasteiger partial charge in [-0.3, -0.25) is 19.3 Å². The first-order chi connectivity index (χ1) is 9.84. The summed E-state index contributed by atoms with van der Waals surface area (Å²) in [5, 5.41) is 9.76. The Hall–Kier alpha value is -2.37. The van der Waals surface area contributed by atoms with Gasteiger partial charge < -0.3 is 10.8 Å². The molecule has 1 aliphatic heterocycles. The first-order valence-electron chi connectivity index (χ1n) is 6.83. The topological polar surface area (TPSA) is 101 Å². The third-order valence-electron chi connectivity index (χ3n) is 3.58. The monoisotopic (exact) mass is 290 g/mol. The van der Waals surface area contributed by atoms with Crippen molar-refractivity contribution in [2.75, 3.05) is 0 Å². The molecule has 1 aliphatic rings. The zero-order valence-electron chi connectivity index (χ0n) is 12.0. The van der Waals surface area contributed by atoms with Crippen LogP contribution in [0.2, 0.25) is 0 Å². The smallest absolute Gasteiger partial charge is 0.266 e. The lowest BCUT2D eigenvalue weighted by Crippen LogP contribution is -2.47. The van der Waals surface area contributed by atoms with Crippen molar-refractivity contribution in [2.24, 2.45) is 11.7 Å². The van der Waals surface area contributed by atoms with E-state index in [1.165, 1.54) is 18.2 Å². The molecule has 6 heteroatoms. The van der Waals surface area contributed by atoms with E-state index in [2.05, 4.69) is 0 Å². The number of hydrogen-bond acceptors (Lipinski definition) is 4. The second-order valence-electron chi connectivity index (χ2n) is 5.57. The Labute approximate surface area is 122 Å². The summed E-state index contributed by atoms with van der Waals surface area (Å²) in [6.45, 7) is 3.96. The molecule has 3 N–H and O–H groups in total. The van der Waals surface area contributed by atoms with E-state index in [1.807, 2.05) is 13.8 Å². The van der Waals surface area contributed by atoms with Gasteiger partial charge in [0.1, 0.15) is 11.8 Å².